The molecule has 0 aromatic heterocycles. The van der Waals surface area contributed by atoms with Crippen LogP contribution in [0, 0.1) is 6.92 Å². The largest absolute Gasteiger partial charge is 0.352 e. The molecule has 0 fully saturated rings. The van der Waals surface area contributed by atoms with Crippen molar-refractivity contribution in [2.75, 3.05) is 17.4 Å². The summed E-state index contributed by atoms with van der Waals surface area (Å²) in [5, 5.41) is 5.78. The molecule has 0 aliphatic carbocycles. The van der Waals surface area contributed by atoms with Gasteiger partial charge in [0.05, 0.1) is 16.6 Å². The molecule has 8 heteroatoms. The minimum Gasteiger partial charge on any atom is -0.352 e. The van der Waals surface area contributed by atoms with Gasteiger partial charge in [0, 0.05) is 18.7 Å². The number of nitrogens with zero attached hydrogens (tertiary/aromatic N) is 1. The number of anilines is 1. The van der Waals surface area contributed by atoms with Gasteiger partial charge in [-0.15, -0.1) is 0 Å². The predicted molar refractivity (Wildman–Crippen MR) is 140 cm³/mol. The number of fused-ring (bicyclic) bond motifs is 1. The van der Waals surface area contributed by atoms with Crippen molar-refractivity contribution in [1.82, 2.24) is 10.6 Å². The number of carbonyl (C=O) groups is 2. The van der Waals surface area contributed by atoms with Crippen LogP contribution in [0.1, 0.15) is 39.5 Å². The van der Waals surface area contributed by atoms with E-state index in [4.69, 9.17) is 0 Å². The Morgan fingerprint density at radius 1 is 1.06 bits per heavy atom. The van der Waals surface area contributed by atoms with Crippen molar-refractivity contribution in [1.29, 1.82) is 0 Å². The van der Waals surface area contributed by atoms with Gasteiger partial charge in [-0.05, 0) is 66.8 Å². The second kappa shape index (κ2) is 10.8. The lowest BCUT2D eigenvalue weighted by Crippen LogP contribution is -2.40. The Balaban J connectivity index is 1.52. The molecule has 3 aromatic rings. The SMILES string of the molecule is C=CC(=O)NC1CCN(S(=O)(=O)c2ccc(C(=O)NCCc3ccccc3)c(C)c2)c2ccccc21. The molecule has 2 N–H and O–H groups in total. The van der Waals surface area contributed by atoms with Crippen LogP contribution >= 0.6 is 0 Å². The van der Waals surface area contributed by atoms with Gasteiger partial charge in [0.1, 0.15) is 0 Å². The van der Waals surface area contributed by atoms with Gasteiger partial charge in [-0.1, -0.05) is 55.1 Å². The van der Waals surface area contributed by atoms with Crippen molar-refractivity contribution in [2.24, 2.45) is 0 Å². The van der Waals surface area contributed by atoms with E-state index in [0.717, 1.165) is 11.1 Å². The lowest BCUT2D eigenvalue weighted by molar-refractivity contribution is -0.117. The fourth-order valence-electron chi connectivity index (χ4n) is 4.40. The molecule has 1 heterocycles. The number of sulfonamides is 1. The quantitative estimate of drug-likeness (QED) is 0.456. The first-order valence-corrected chi connectivity index (χ1v) is 13.2. The van der Waals surface area contributed by atoms with E-state index in [1.54, 1.807) is 25.1 Å². The highest BCUT2D eigenvalue weighted by atomic mass is 32.2. The molecule has 4 rings (SSSR count). The summed E-state index contributed by atoms with van der Waals surface area (Å²) in [7, 11) is -3.88. The lowest BCUT2D eigenvalue weighted by Gasteiger charge is -2.35. The van der Waals surface area contributed by atoms with Crippen LogP contribution in [-0.2, 0) is 21.2 Å². The number of benzene rings is 3. The van der Waals surface area contributed by atoms with E-state index in [9.17, 15) is 18.0 Å². The predicted octanol–water partition coefficient (Wildman–Crippen LogP) is 3.91. The van der Waals surface area contributed by atoms with E-state index in [2.05, 4.69) is 17.2 Å². The zero-order valence-electron chi connectivity index (χ0n) is 20.1. The standard InChI is InChI=1S/C28H29N3O4S/c1-3-27(32)30-25-16-18-31(26-12-8-7-11-24(25)26)36(34,35)22-13-14-23(20(2)19-22)28(33)29-17-15-21-9-5-4-6-10-21/h3-14,19,25H,1,15-18H2,2H3,(H,29,33)(H,30,32). The number of carbonyl (C=O) groups excluding carboxylic acids is 2. The van der Waals surface area contributed by atoms with Crippen molar-refractivity contribution >= 4 is 27.5 Å². The minimum atomic E-state index is -3.88. The van der Waals surface area contributed by atoms with Crippen molar-refractivity contribution in [3.05, 3.63) is 108 Å². The molecular weight excluding hydrogens is 474 g/mol. The maximum Gasteiger partial charge on any atom is 0.264 e. The van der Waals surface area contributed by atoms with Crippen molar-refractivity contribution in [3.63, 3.8) is 0 Å². The minimum absolute atomic E-state index is 0.115. The molecular formula is C28H29N3O4S. The zero-order valence-corrected chi connectivity index (χ0v) is 20.9. The van der Waals surface area contributed by atoms with Crippen LogP contribution < -0.4 is 14.9 Å². The van der Waals surface area contributed by atoms with E-state index >= 15 is 0 Å². The Bertz CT molecular complexity index is 1390. The highest BCUT2D eigenvalue weighted by Gasteiger charge is 2.33. The third-order valence-electron chi connectivity index (χ3n) is 6.28. The van der Waals surface area contributed by atoms with Crippen LogP contribution in [0.5, 0.6) is 0 Å². The van der Waals surface area contributed by atoms with Crippen LogP contribution in [-0.4, -0.2) is 33.3 Å². The molecule has 0 saturated heterocycles. The molecule has 0 saturated carbocycles. The summed E-state index contributed by atoms with van der Waals surface area (Å²) in [6.45, 7) is 5.91. The molecule has 0 radical (unpaired) electrons. The van der Waals surface area contributed by atoms with Crippen LogP contribution in [0.2, 0.25) is 0 Å². The average Bonchev–Trinajstić information content (AvgIpc) is 2.89. The van der Waals surface area contributed by atoms with Crippen LogP contribution in [0.4, 0.5) is 5.69 Å². The van der Waals surface area contributed by atoms with E-state index in [1.807, 2.05) is 42.5 Å². The first-order valence-electron chi connectivity index (χ1n) is 11.8. The topological polar surface area (TPSA) is 95.6 Å². The fourth-order valence-corrected chi connectivity index (χ4v) is 5.99. The normalized spacial score (nSPS) is 15.0. The van der Waals surface area contributed by atoms with Crippen LogP contribution in [0.25, 0.3) is 0 Å². The number of nitrogens with one attached hydrogen (secondary N) is 2. The Morgan fingerprint density at radius 2 is 1.78 bits per heavy atom. The number of aryl methyl sites for hydroxylation is 1. The molecule has 1 aliphatic heterocycles. The summed E-state index contributed by atoms with van der Waals surface area (Å²) in [6.07, 6.45) is 2.34. The first-order chi connectivity index (χ1) is 17.3. The van der Waals surface area contributed by atoms with E-state index < -0.39 is 10.0 Å². The third-order valence-corrected chi connectivity index (χ3v) is 8.09. The number of rotatable bonds is 8. The molecule has 0 bridgehead atoms. The van der Waals surface area contributed by atoms with Gasteiger partial charge in [0.25, 0.3) is 15.9 Å². The zero-order chi connectivity index (χ0) is 25.7. The molecule has 7 nitrogen and oxygen atoms in total. The summed E-state index contributed by atoms with van der Waals surface area (Å²) in [5.74, 6) is -0.545. The molecule has 1 atom stereocenters. The van der Waals surface area contributed by atoms with Gasteiger partial charge < -0.3 is 10.6 Å². The van der Waals surface area contributed by atoms with Gasteiger partial charge in [0.2, 0.25) is 5.91 Å². The molecule has 2 amide bonds. The van der Waals surface area contributed by atoms with Gasteiger partial charge in [-0.3, -0.25) is 13.9 Å². The lowest BCUT2D eigenvalue weighted by atomic mass is 9.98. The van der Waals surface area contributed by atoms with Crippen molar-refractivity contribution in [3.8, 4) is 0 Å². The van der Waals surface area contributed by atoms with Crippen molar-refractivity contribution in [2.45, 2.75) is 30.7 Å². The van der Waals surface area contributed by atoms with E-state index in [-0.39, 0.29) is 29.3 Å². The van der Waals surface area contributed by atoms with Crippen LogP contribution in [0.3, 0.4) is 0 Å². The molecule has 36 heavy (non-hydrogen) atoms. The summed E-state index contributed by atoms with van der Waals surface area (Å²) >= 11 is 0. The van der Waals surface area contributed by atoms with Gasteiger partial charge in [-0.2, -0.15) is 0 Å². The van der Waals surface area contributed by atoms with Gasteiger partial charge in [-0.25, -0.2) is 8.42 Å². The monoisotopic (exact) mass is 503 g/mol. The second-order valence-electron chi connectivity index (χ2n) is 8.66. The fraction of sp³-hybridized carbons (Fsp3) is 0.214. The number of amides is 2. The highest BCUT2D eigenvalue weighted by molar-refractivity contribution is 7.92. The summed E-state index contributed by atoms with van der Waals surface area (Å²) in [5.41, 5.74) is 3.40. The average molecular weight is 504 g/mol. The highest BCUT2D eigenvalue weighted by Crippen LogP contribution is 2.37. The second-order valence-corrected chi connectivity index (χ2v) is 10.5. The first kappa shape index (κ1) is 25.2. The third kappa shape index (κ3) is 5.33. The maximum atomic E-state index is 13.6. The summed E-state index contributed by atoms with van der Waals surface area (Å²) in [6, 6.07) is 21.3. The maximum absolute atomic E-state index is 13.6. The van der Waals surface area contributed by atoms with E-state index in [1.165, 1.54) is 22.5 Å². The Hall–Kier alpha value is -3.91. The summed E-state index contributed by atoms with van der Waals surface area (Å²) in [4.78, 5) is 24.7. The van der Waals surface area contributed by atoms with Gasteiger partial charge in [0.15, 0.2) is 0 Å². The Labute approximate surface area is 211 Å². The van der Waals surface area contributed by atoms with Crippen molar-refractivity contribution < 1.29 is 18.0 Å². The molecule has 1 aliphatic rings. The Morgan fingerprint density at radius 3 is 2.50 bits per heavy atom. The molecule has 0 spiro atoms. The van der Waals surface area contributed by atoms with Gasteiger partial charge >= 0.3 is 0 Å². The Kier molecular flexibility index (Phi) is 7.55. The molecule has 1 unspecified atom stereocenters. The van der Waals surface area contributed by atoms with E-state index in [0.29, 0.717) is 36.2 Å². The summed E-state index contributed by atoms with van der Waals surface area (Å²) < 4.78 is 28.6. The molecule has 186 valence electrons. The van der Waals surface area contributed by atoms with Crippen LogP contribution in [0.15, 0.2) is 90.3 Å². The number of hydrogen-bond donors (Lipinski definition) is 2. The number of para-hydroxylation sites is 1. The smallest absolute Gasteiger partial charge is 0.264 e. The number of hydrogen-bond acceptors (Lipinski definition) is 4. The molecule has 3 aromatic carbocycles.